The summed E-state index contributed by atoms with van der Waals surface area (Å²) in [7, 11) is 1.37. The van der Waals surface area contributed by atoms with E-state index in [0.717, 1.165) is 28.9 Å². The highest BCUT2D eigenvalue weighted by molar-refractivity contribution is 5.83. The first kappa shape index (κ1) is 24.4. The van der Waals surface area contributed by atoms with Crippen LogP contribution in [0.2, 0.25) is 0 Å². The molecule has 2 aromatic carbocycles. The average molecular weight is 424 g/mol. The number of aliphatic hydroxyl groups excluding tert-OH is 1. The monoisotopic (exact) mass is 423 g/mol. The molecule has 0 amide bonds. The van der Waals surface area contributed by atoms with Gasteiger partial charge in [0.25, 0.3) is 0 Å². The normalized spacial score (nSPS) is 14.1. The van der Waals surface area contributed by atoms with Crippen LogP contribution in [0.25, 0.3) is 5.57 Å². The Morgan fingerprint density at radius 2 is 1.74 bits per heavy atom. The minimum absolute atomic E-state index is 0.221. The molecule has 0 aliphatic rings. The number of esters is 1. The summed E-state index contributed by atoms with van der Waals surface area (Å²) in [6, 6.07) is 18.1. The Labute approximate surface area is 185 Å². The van der Waals surface area contributed by atoms with Crippen molar-refractivity contribution in [2.24, 2.45) is 0 Å². The second-order valence-corrected chi connectivity index (χ2v) is 7.73. The predicted octanol–water partition coefficient (Wildman–Crippen LogP) is 4.17. The molecule has 166 valence electrons. The minimum atomic E-state index is -0.570. The van der Waals surface area contributed by atoms with E-state index in [2.05, 4.69) is 41.2 Å². The molecule has 0 saturated heterocycles. The van der Waals surface area contributed by atoms with Gasteiger partial charge < -0.3 is 19.9 Å². The zero-order valence-electron chi connectivity index (χ0n) is 18.8. The molecule has 0 aromatic heterocycles. The molecule has 2 aromatic rings. The molecular formula is C26H33NO4. The van der Waals surface area contributed by atoms with Gasteiger partial charge in [-0.15, -0.1) is 0 Å². The van der Waals surface area contributed by atoms with Crippen molar-refractivity contribution in [1.82, 2.24) is 5.32 Å². The number of allylic oxidation sites excluding steroid dienone is 3. The highest BCUT2D eigenvalue weighted by Gasteiger charge is 2.09. The topological polar surface area (TPSA) is 67.8 Å². The van der Waals surface area contributed by atoms with Gasteiger partial charge in [0.05, 0.1) is 7.11 Å². The number of para-hydroxylation sites is 1. The maximum Gasteiger partial charge on any atom is 0.330 e. The third kappa shape index (κ3) is 9.20. The maximum atomic E-state index is 11.3. The second-order valence-electron chi connectivity index (χ2n) is 7.73. The molecule has 0 saturated carbocycles. The molecule has 0 aliphatic heterocycles. The van der Waals surface area contributed by atoms with E-state index in [-0.39, 0.29) is 18.6 Å². The highest BCUT2D eigenvalue weighted by Crippen LogP contribution is 2.17. The van der Waals surface area contributed by atoms with Crippen LogP contribution in [-0.2, 0) is 16.0 Å². The van der Waals surface area contributed by atoms with Crippen molar-refractivity contribution in [2.75, 3.05) is 20.3 Å². The number of aliphatic hydroxyl groups is 1. The molecule has 1 unspecified atom stereocenters. The summed E-state index contributed by atoms with van der Waals surface area (Å²) in [5.74, 6) is 0.408. The summed E-state index contributed by atoms with van der Waals surface area (Å²) in [4.78, 5) is 11.3. The summed E-state index contributed by atoms with van der Waals surface area (Å²) in [5, 5.41) is 13.5. The van der Waals surface area contributed by atoms with E-state index < -0.39 is 6.10 Å². The summed E-state index contributed by atoms with van der Waals surface area (Å²) >= 11 is 0. The van der Waals surface area contributed by atoms with E-state index in [1.807, 2.05) is 50.3 Å². The van der Waals surface area contributed by atoms with Crippen LogP contribution in [0.4, 0.5) is 0 Å². The van der Waals surface area contributed by atoms with Crippen LogP contribution >= 0.6 is 0 Å². The average Bonchev–Trinajstić information content (AvgIpc) is 2.77. The molecule has 0 heterocycles. The van der Waals surface area contributed by atoms with Gasteiger partial charge in [0.1, 0.15) is 18.5 Å². The van der Waals surface area contributed by atoms with Crippen LogP contribution in [0.1, 0.15) is 31.9 Å². The van der Waals surface area contributed by atoms with Crippen molar-refractivity contribution < 1.29 is 19.4 Å². The van der Waals surface area contributed by atoms with Crippen LogP contribution in [-0.4, -0.2) is 43.5 Å². The third-order valence-electron chi connectivity index (χ3n) is 4.83. The molecular weight excluding hydrogens is 390 g/mol. The fourth-order valence-corrected chi connectivity index (χ4v) is 3.15. The van der Waals surface area contributed by atoms with Gasteiger partial charge in [0.2, 0.25) is 0 Å². The summed E-state index contributed by atoms with van der Waals surface area (Å²) in [5.41, 5.74) is 4.25. The molecule has 0 spiro atoms. The van der Waals surface area contributed by atoms with Crippen molar-refractivity contribution in [3.05, 3.63) is 83.4 Å². The van der Waals surface area contributed by atoms with E-state index >= 15 is 0 Å². The first-order valence-corrected chi connectivity index (χ1v) is 10.5. The highest BCUT2D eigenvalue weighted by atomic mass is 16.5. The Hall–Kier alpha value is -2.89. The van der Waals surface area contributed by atoms with Crippen LogP contribution in [0.5, 0.6) is 5.75 Å². The molecule has 5 heteroatoms. The van der Waals surface area contributed by atoms with Gasteiger partial charge in [-0.3, -0.25) is 0 Å². The molecule has 0 fully saturated rings. The summed E-state index contributed by atoms with van der Waals surface area (Å²) < 4.78 is 10.2. The number of benzene rings is 2. The van der Waals surface area contributed by atoms with Crippen molar-refractivity contribution in [3.8, 4) is 5.75 Å². The number of carbonyl (C=O) groups excluding carboxylic acids is 1. The maximum absolute atomic E-state index is 11.3. The molecule has 0 radical (unpaired) electrons. The number of hydrogen-bond donors (Lipinski definition) is 2. The van der Waals surface area contributed by atoms with Gasteiger partial charge in [0.15, 0.2) is 0 Å². The quantitative estimate of drug-likeness (QED) is 0.323. The van der Waals surface area contributed by atoms with Gasteiger partial charge in [-0.05, 0) is 61.6 Å². The van der Waals surface area contributed by atoms with Crippen molar-refractivity contribution in [1.29, 1.82) is 0 Å². The van der Waals surface area contributed by atoms with Crippen molar-refractivity contribution in [3.63, 3.8) is 0 Å². The Kier molecular flexibility index (Phi) is 10.0. The van der Waals surface area contributed by atoms with E-state index in [0.29, 0.717) is 6.54 Å². The number of carbonyl (C=O) groups is 1. The summed E-state index contributed by atoms with van der Waals surface area (Å²) in [6.45, 7) is 6.73. The lowest BCUT2D eigenvalue weighted by molar-refractivity contribution is -0.134. The lowest BCUT2D eigenvalue weighted by atomic mass is 10.0. The molecule has 2 N–H and O–H groups in total. The Morgan fingerprint density at radius 3 is 2.39 bits per heavy atom. The zero-order valence-corrected chi connectivity index (χ0v) is 18.8. The van der Waals surface area contributed by atoms with Gasteiger partial charge in [-0.1, -0.05) is 48.5 Å². The number of ether oxygens (including phenoxy) is 2. The van der Waals surface area contributed by atoms with Crippen molar-refractivity contribution in [2.45, 2.75) is 39.3 Å². The molecule has 2 atom stereocenters. The van der Waals surface area contributed by atoms with Crippen LogP contribution < -0.4 is 10.1 Å². The molecule has 31 heavy (non-hydrogen) atoms. The smallest absolute Gasteiger partial charge is 0.330 e. The Bertz CT molecular complexity index is 872. The van der Waals surface area contributed by atoms with Crippen LogP contribution in [0, 0.1) is 0 Å². The largest absolute Gasteiger partial charge is 0.491 e. The molecule has 5 nitrogen and oxygen atoms in total. The number of methoxy groups -OCH3 is 1. The molecule has 0 bridgehead atoms. The van der Waals surface area contributed by atoms with Crippen LogP contribution in [0.15, 0.2) is 72.3 Å². The molecule has 0 aliphatic carbocycles. The summed E-state index contributed by atoms with van der Waals surface area (Å²) in [6.07, 6.45) is 3.73. The van der Waals surface area contributed by atoms with E-state index in [9.17, 15) is 9.90 Å². The fourth-order valence-electron chi connectivity index (χ4n) is 3.15. The van der Waals surface area contributed by atoms with E-state index in [4.69, 9.17) is 4.74 Å². The number of nitrogens with one attached hydrogen (secondary N) is 1. The third-order valence-corrected chi connectivity index (χ3v) is 4.83. The van der Waals surface area contributed by atoms with Gasteiger partial charge in [0, 0.05) is 18.7 Å². The van der Waals surface area contributed by atoms with Crippen LogP contribution in [0.3, 0.4) is 0 Å². The number of rotatable bonds is 11. The Balaban J connectivity index is 1.79. The second kappa shape index (κ2) is 12.7. The fraction of sp³-hybridized carbons (Fsp3) is 0.346. The van der Waals surface area contributed by atoms with E-state index in [1.165, 1.54) is 18.7 Å². The van der Waals surface area contributed by atoms with Crippen molar-refractivity contribution >= 4 is 11.5 Å². The zero-order chi connectivity index (χ0) is 22.6. The Morgan fingerprint density at radius 1 is 1.06 bits per heavy atom. The van der Waals surface area contributed by atoms with Gasteiger partial charge in [-0.25, -0.2) is 4.79 Å². The minimum Gasteiger partial charge on any atom is -0.491 e. The predicted molar refractivity (Wildman–Crippen MR) is 125 cm³/mol. The lowest BCUT2D eigenvalue weighted by Crippen LogP contribution is -2.37. The molecule has 2 rings (SSSR count). The SMILES string of the molecule is COC(=O)C=C(C)C=C(C)c1ccc(C[C@@H](C)NCC(O)COc2ccccc2)cc1. The standard InChI is InChI=1S/C26H33NO4/c1-19(15-26(29)30-4)14-20(2)23-12-10-22(11-13-23)16-21(3)27-17-24(28)18-31-25-8-6-5-7-9-25/h5-15,21,24,27-28H,16-18H2,1-4H3/t21-,24?/m1/s1. The number of hydrogen-bond acceptors (Lipinski definition) is 5. The first-order chi connectivity index (χ1) is 14.9. The van der Waals surface area contributed by atoms with Gasteiger partial charge in [-0.2, -0.15) is 0 Å². The lowest BCUT2D eigenvalue weighted by Gasteiger charge is -2.18. The first-order valence-electron chi connectivity index (χ1n) is 10.5. The van der Waals surface area contributed by atoms with E-state index in [1.54, 1.807) is 0 Å². The van der Waals surface area contributed by atoms with Gasteiger partial charge >= 0.3 is 5.97 Å².